The maximum absolute atomic E-state index is 8.92. The molecule has 0 amide bonds. The molecule has 1 aromatic carbocycles. The lowest BCUT2D eigenvalue weighted by Gasteiger charge is -2.12. The van der Waals surface area contributed by atoms with Crippen LogP contribution in [0.2, 0.25) is 0 Å². The number of aromatic nitrogens is 1. The summed E-state index contributed by atoms with van der Waals surface area (Å²) in [5.74, 6) is 1.41. The average molecular weight is 308 g/mol. The van der Waals surface area contributed by atoms with E-state index in [2.05, 4.69) is 4.98 Å². The van der Waals surface area contributed by atoms with Crippen molar-refractivity contribution in [3.63, 3.8) is 0 Å². The van der Waals surface area contributed by atoms with Crippen LogP contribution in [0.1, 0.15) is 5.69 Å². The lowest BCUT2D eigenvalue weighted by molar-refractivity contribution is 0.216. The summed E-state index contributed by atoms with van der Waals surface area (Å²) in [4.78, 5) is 6.67. The van der Waals surface area contributed by atoms with Crippen molar-refractivity contribution in [2.24, 2.45) is 0 Å². The van der Waals surface area contributed by atoms with Crippen LogP contribution in [0.4, 0.5) is 0 Å². The number of likely N-dealkylation sites (N-methyl/N-ethyl adjacent to an activating group) is 1. The van der Waals surface area contributed by atoms with Gasteiger partial charge in [0, 0.05) is 24.0 Å². The number of aliphatic hydroxyl groups excluding tert-OH is 1. The molecule has 2 rings (SSSR count). The Bertz CT molecular complexity index is 586. The van der Waals surface area contributed by atoms with Crippen LogP contribution in [0.5, 0.6) is 11.5 Å². The van der Waals surface area contributed by atoms with Gasteiger partial charge in [0.1, 0.15) is 5.01 Å². The topological polar surface area (TPSA) is 54.8 Å². The molecule has 0 saturated carbocycles. The molecule has 1 aromatic heterocycles. The van der Waals surface area contributed by atoms with Gasteiger partial charge in [-0.3, -0.25) is 4.90 Å². The highest BCUT2D eigenvalue weighted by Gasteiger charge is 2.10. The summed E-state index contributed by atoms with van der Waals surface area (Å²) < 4.78 is 10.6. The minimum Gasteiger partial charge on any atom is -0.493 e. The SMILES string of the molecule is COc1ccc(-c2nc(CN(C)CCO)cs2)cc1OC. The molecule has 114 valence electrons. The number of benzene rings is 1. The molecule has 0 bridgehead atoms. The zero-order chi connectivity index (χ0) is 15.2. The third-order valence-electron chi connectivity index (χ3n) is 3.10. The van der Waals surface area contributed by atoms with E-state index in [-0.39, 0.29) is 6.61 Å². The Balaban J connectivity index is 2.17. The van der Waals surface area contributed by atoms with Gasteiger partial charge < -0.3 is 14.6 Å². The van der Waals surface area contributed by atoms with Crippen LogP contribution in [0.15, 0.2) is 23.6 Å². The maximum atomic E-state index is 8.92. The van der Waals surface area contributed by atoms with Gasteiger partial charge in [0.25, 0.3) is 0 Å². The molecule has 0 radical (unpaired) electrons. The van der Waals surface area contributed by atoms with Gasteiger partial charge in [-0.2, -0.15) is 0 Å². The van der Waals surface area contributed by atoms with Crippen LogP contribution in [0, 0.1) is 0 Å². The summed E-state index contributed by atoms with van der Waals surface area (Å²) in [7, 11) is 5.21. The Kier molecular flexibility index (Phi) is 5.55. The summed E-state index contributed by atoms with van der Waals surface area (Å²) >= 11 is 1.60. The molecule has 2 aromatic rings. The number of methoxy groups -OCH3 is 2. The molecule has 0 aliphatic heterocycles. The Labute approximate surface area is 128 Å². The fraction of sp³-hybridized carbons (Fsp3) is 0.400. The van der Waals surface area contributed by atoms with Crippen molar-refractivity contribution in [2.45, 2.75) is 6.54 Å². The molecule has 1 N–H and O–H groups in total. The molecule has 1 heterocycles. The Morgan fingerprint density at radius 3 is 2.67 bits per heavy atom. The molecular weight excluding hydrogens is 288 g/mol. The van der Waals surface area contributed by atoms with Crippen LogP contribution in [-0.2, 0) is 6.54 Å². The second kappa shape index (κ2) is 7.40. The molecule has 0 atom stereocenters. The molecule has 6 heteroatoms. The van der Waals surface area contributed by atoms with Crippen molar-refractivity contribution in [3.8, 4) is 22.1 Å². The average Bonchev–Trinajstić information content (AvgIpc) is 2.95. The lowest BCUT2D eigenvalue weighted by atomic mass is 10.2. The lowest BCUT2D eigenvalue weighted by Crippen LogP contribution is -2.21. The van der Waals surface area contributed by atoms with Crippen LogP contribution in [0.3, 0.4) is 0 Å². The predicted octanol–water partition coefficient (Wildman–Crippen LogP) is 2.25. The molecule has 21 heavy (non-hydrogen) atoms. The smallest absolute Gasteiger partial charge is 0.161 e. The van der Waals surface area contributed by atoms with Crippen molar-refractivity contribution in [1.29, 1.82) is 0 Å². The zero-order valence-corrected chi connectivity index (χ0v) is 13.3. The molecule has 0 unspecified atom stereocenters. The van der Waals surface area contributed by atoms with E-state index in [9.17, 15) is 0 Å². The van der Waals surface area contributed by atoms with Gasteiger partial charge in [0.2, 0.25) is 0 Å². The molecular formula is C15H20N2O3S. The molecule has 0 aliphatic carbocycles. The first-order valence-corrected chi connectivity index (χ1v) is 7.52. The summed E-state index contributed by atoms with van der Waals surface area (Å²) in [5, 5.41) is 11.9. The standard InChI is InChI=1S/C15H20N2O3S/c1-17(6-7-18)9-12-10-21-15(16-12)11-4-5-13(19-2)14(8-11)20-3/h4-5,8,10,18H,6-7,9H2,1-3H3. The minimum atomic E-state index is 0.156. The number of hydrogen-bond acceptors (Lipinski definition) is 6. The van der Waals surface area contributed by atoms with Crippen LogP contribution < -0.4 is 9.47 Å². The first-order chi connectivity index (χ1) is 10.2. The summed E-state index contributed by atoms with van der Waals surface area (Å²) in [6.07, 6.45) is 0. The number of aliphatic hydroxyl groups is 1. The summed E-state index contributed by atoms with van der Waals surface area (Å²) in [5.41, 5.74) is 2.01. The van der Waals surface area contributed by atoms with E-state index in [0.717, 1.165) is 22.8 Å². The minimum absolute atomic E-state index is 0.156. The zero-order valence-electron chi connectivity index (χ0n) is 12.5. The van der Waals surface area contributed by atoms with Crippen LogP contribution >= 0.6 is 11.3 Å². The Hall–Kier alpha value is -1.63. The van der Waals surface area contributed by atoms with E-state index in [4.69, 9.17) is 14.6 Å². The maximum Gasteiger partial charge on any atom is 0.161 e. The van der Waals surface area contributed by atoms with E-state index in [0.29, 0.717) is 18.0 Å². The fourth-order valence-corrected chi connectivity index (χ4v) is 2.82. The van der Waals surface area contributed by atoms with Crippen LogP contribution in [0.25, 0.3) is 10.6 Å². The predicted molar refractivity (Wildman–Crippen MR) is 84.1 cm³/mol. The summed E-state index contributed by atoms with van der Waals surface area (Å²) in [6, 6.07) is 5.79. The second-order valence-electron chi connectivity index (χ2n) is 4.68. The second-order valence-corrected chi connectivity index (χ2v) is 5.53. The van der Waals surface area contributed by atoms with Crippen molar-refractivity contribution in [3.05, 3.63) is 29.3 Å². The molecule has 0 spiro atoms. The van der Waals surface area contributed by atoms with Gasteiger partial charge in [0.15, 0.2) is 11.5 Å². The van der Waals surface area contributed by atoms with E-state index in [1.807, 2.05) is 35.5 Å². The van der Waals surface area contributed by atoms with E-state index in [1.54, 1.807) is 25.6 Å². The van der Waals surface area contributed by atoms with Gasteiger partial charge in [-0.25, -0.2) is 4.98 Å². The monoisotopic (exact) mass is 308 g/mol. The van der Waals surface area contributed by atoms with E-state index >= 15 is 0 Å². The largest absolute Gasteiger partial charge is 0.493 e. The molecule has 5 nitrogen and oxygen atoms in total. The number of rotatable bonds is 7. The normalized spacial score (nSPS) is 10.9. The summed E-state index contributed by atoms with van der Waals surface area (Å²) in [6.45, 7) is 1.52. The van der Waals surface area contributed by atoms with Gasteiger partial charge in [-0.1, -0.05) is 0 Å². The van der Waals surface area contributed by atoms with Gasteiger partial charge in [-0.05, 0) is 25.2 Å². The Morgan fingerprint density at radius 1 is 1.24 bits per heavy atom. The van der Waals surface area contributed by atoms with Gasteiger partial charge in [0.05, 0.1) is 26.5 Å². The quantitative estimate of drug-likeness (QED) is 0.850. The van der Waals surface area contributed by atoms with Crippen molar-refractivity contribution in [2.75, 3.05) is 34.4 Å². The number of thiazole rings is 1. The third kappa shape index (κ3) is 3.93. The molecule has 0 saturated heterocycles. The van der Waals surface area contributed by atoms with Gasteiger partial charge in [-0.15, -0.1) is 11.3 Å². The highest BCUT2D eigenvalue weighted by Crippen LogP contribution is 2.33. The van der Waals surface area contributed by atoms with Gasteiger partial charge >= 0.3 is 0 Å². The fourth-order valence-electron chi connectivity index (χ4n) is 2.01. The van der Waals surface area contributed by atoms with E-state index < -0.39 is 0 Å². The first-order valence-electron chi connectivity index (χ1n) is 6.64. The van der Waals surface area contributed by atoms with Crippen molar-refractivity contribution >= 4 is 11.3 Å². The number of ether oxygens (including phenoxy) is 2. The number of hydrogen-bond donors (Lipinski definition) is 1. The third-order valence-corrected chi connectivity index (χ3v) is 4.04. The van der Waals surface area contributed by atoms with Crippen molar-refractivity contribution in [1.82, 2.24) is 9.88 Å². The highest BCUT2D eigenvalue weighted by molar-refractivity contribution is 7.13. The molecule has 0 fully saturated rings. The van der Waals surface area contributed by atoms with Crippen LogP contribution in [-0.4, -0.2) is 49.4 Å². The highest BCUT2D eigenvalue weighted by atomic mass is 32.1. The number of nitrogens with zero attached hydrogens (tertiary/aromatic N) is 2. The Morgan fingerprint density at radius 2 is 2.00 bits per heavy atom. The molecule has 0 aliphatic rings. The van der Waals surface area contributed by atoms with E-state index in [1.165, 1.54) is 0 Å². The van der Waals surface area contributed by atoms with Crippen molar-refractivity contribution < 1.29 is 14.6 Å². The first kappa shape index (κ1) is 15.8.